The maximum atomic E-state index is 14.8. The maximum Gasteiger partial charge on any atom is 0.248 e. The van der Waals surface area contributed by atoms with Crippen molar-refractivity contribution < 1.29 is 19.5 Å². The SMILES string of the molecule is CCCN1CC=C[C@@H]2S[C@]34C=CCN(Cn5nnc6ccccc65)C(=O)C3N([C@@H](CO)Cc3ccccc3)C(=O)[C@@H]4[C@@H]2C1=O. The Balaban J connectivity index is 1.31. The number of aromatic nitrogens is 3. The van der Waals surface area contributed by atoms with Crippen LogP contribution in [-0.2, 0) is 27.5 Å². The highest BCUT2D eigenvalue weighted by Gasteiger charge is 2.71. The lowest BCUT2D eigenvalue weighted by Crippen LogP contribution is -2.57. The summed E-state index contributed by atoms with van der Waals surface area (Å²) < 4.78 is 0.744. The number of aliphatic hydroxyl groups is 1. The minimum Gasteiger partial charge on any atom is -0.394 e. The molecule has 10 nitrogen and oxygen atoms in total. The Hall–Kier alpha value is -3.96. The zero-order valence-electron chi connectivity index (χ0n) is 24.6. The molecule has 1 aromatic heterocycles. The summed E-state index contributed by atoms with van der Waals surface area (Å²) in [6, 6.07) is 15.8. The molecule has 0 radical (unpaired) electrons. The first-order valence-electron chi connectivity index (χ1n) is 15.3. The van der Waals surface area contributed by atoms with E-state index in [1.165, 1.54) is 0 Å². The summed E-state index contributed by atoms with van der Waals surface area (Å²) in [6.07, 6.45) is 9.26. The fraction of sp³-hybridized carbons (Fsp3) is 0.424. The molecule has 1 unspecified atom stereocenters. The Morgan fingerprint density at radius 3 is 2.55 bits per heavy atom. The van der Waals surface area contributed by atoms with Crippen LogP contribution in [0.15, 0.2) is 78.9 Å². The quantitative estimate of drug-likeness (QED) is 0.389. The van der Waals surface area contributed by atoms with E-state index in [2.05, 4.69) is 16.4 Å². The molecule has 1 N–H and O–H groups in total. The number of carbonyl (C=O) groups is 3. The fourth-order valence-corrected chi connectivity index (χ4v) is 9.48. The summed E-state index contributed by atoms with van der Waals surface area (Å²) in [5.41, 5.74) is 2.50. The molecule has 7 rings (SSSR count). The number of likely N-dealkylation sites (tertiary alicyclic amines) is 1. The fourth-order valence-electron chi connectivity index (χ4n) is 7.49. The molecule has 44 heavy (non-hydrogen) atoms. The molecule has 3 aromatic rings. The van der Waals surface area contributed by atoms with E-state index in [4.69, 9.17) is 0 Å². The third-order valence-corrected chi connectivity index (χ3v) is 11.1. The first-order chi connectivity index (χ1) is 21.5. The minimum atomic E-state index is -0.956. The van der Waals surface area contributed by atoms with Crippen LogP contribution >= 0.6 is 11.8 Å². The van der Waals surface area contributed by atoms with Crippen LogP contribution in [0, 0.1) is 11.8 Å². The van der Waals surface area contributed by atoms with E-state index >= 15 is 0 Å². The maximum absolute atomic E-state index is 14.8. The molecule has 4 aliphatic heterocycles. The molecule has 11 heteroatoms. The van der Waals surface area contributed by atoms with E-state index in [1.54, 1.807) is 26.2 Å². The molecule has 1 spiro atoms. The second kappa shape index (κ2) is 11.5. The summed E-state index contributed by atoms with van der Waals surface area (Å²) in [5.74, 6) is -1.82. The number of fused-ring (bicyclic) bond motifs is 3. The van der Waals surface area contributed by atoms with Gasteiger partial charge < -0.3 is 19.8 Å². The minimum absolute atomic E-state index is 0.0372. The molecule has 2 aromatic carbocycles. The predicted molar refractivity (Wildman–Crippen MR) is 167 cm³/mol. The highest BCUT2D eigenvalue weighted by atomic mass is 32.2. The van der Waals surface area contributed by atoms with Crippen molar-refractivity contribution in [1.82, 2.24) is 29.7 Å². The number of aliphatic hydroxyl groups excluding tert-OH is 1. The van der Waals surface area contributed by atoms with Crippen LogP contribution in [0.1, 0.15) is 18.9 Å². The van der Waals surface area contributed by atoms with Crippen molar-refractivity contribution in [2.75, 3.05) is 26.2 Å². The molecule has 2 saturated heterocycles. The number of carbonyl (C=O) groups excluding carboxylic acids is 3. The monoisotopic (exact) mass is 612 g/mol. The number of benzene rings is 2. The number of amides is 3. The van der Waals surface area contributed by atoms with Crippen molar-refractivity contribution in [3.63, 3.8) is 0 Å². The molecular weight excluding hydrogens is 576 g/mol. The Morgan fingerprint density at radius 2 is 1.75 bits per heavy atom. The lowest BCUT2D eigenvalue weighted by Gasteiger charge is -2.38. The molecule has 0 saturated carbocycles. The smallest absolute Gasteiger partial charge is 0.248 e. The van der Waals surface area contributed by atoms with Crippen molar-refractivity contribution in [2.45, 2.75) is 48.5 Å². The summed E-state index contributed by atoms with van der Waals surface area (Å²) >= 11 is 1.56. The number of nitrogens with zero attached hydrogens (tertiary/aromatic N) is 6. The van der Waals surface area contributed by atoms with E-state index in [0.29, 0.717) is 26.1 Å². The van der Waals surface area contributed by atoms with Gasteiger partial charge in [-0.15, -0.1) is 16.9 Å². The lowest BCUT2D eigenvalue weighted by atomic mass is 9.78. The Bertz CT molecular complexity index is 1640. The van der Waals surface area contributed by atoms with Crippen LogP contribution < -0.4 is 0 Å². The molecular formula is C33H36N6O4S. The molecule has 228 valence electrons. The van der Waals surface area contributed by atoms with Gasteiger partial charge in [0.25, 0.3) is 0 Å². The first kappa shape index (κ1) is 28.8. The zero-order valence-corrected chi connectivity index (χ0v) is 25.4. The highest BCUT2D eigenvalue weighted by Crippen LogP contribution is 2.61. The number of thioether (sulfide) groups is 1. The molecule has 0 aliphatic carbocycles. The van der Waals surface area contributed by atoms with E-state index < -0.39 is 28.7 Å². The van der Waals surface area contributed by atoms with Gasteiger partial charge in [-0.05, 0) is 30.5 Å². The first-order valence-corrected chi connectivity index (χ1v) is 16.2. The van der Waals surface area contributed by atoms with E-state index in [0.717, 1.165) is 23.0 Å². The average molecular weight is 613 g/mol. The molecule has 2 fully saturated rings. The van der Waals surface area contributed by atoms with Gasteiger partial charge in [-0.2, -0.15) is 0 Å². The molecule has 0 bridgehead atoms. The van der Waals surface area contributed by atoms with Crippen molar-refractivity contribution in [3.8, 4) is 0 Å². The zero-order chi connectivity index (χ0) is 30.4. The summed E-state index contributed by atoms with van der Waals surface area (Å²) in [6.45, 7) is 3.34. The van der Waals surface area contributed by atoms with Gasteiger partial charge in [-0.1, -0.05) is 78.9 Å². The lowest BCUT2D eigenvalue weighted by molar-refractivity contribution is -0.147. The van der Waals surface area contributed by atoms with Crippen LogP contribution in [0.25, 0.3) is 11.0 Å². The van der Waals surface area contributed by atoms with E-state index in [-0.39, 0.29) is 36.2 Å². The second-order valence-electron chi connectivity index (χ2n) is 12.0. The van der Waals surface area contributed by atoms with Gasteiger partial charge >= 0.3 is 0 Å². The second-order valence-corrected chi connectivity index (χ2v) is 13.5. The van der Waals surface area contributed by atoms with Gasteiger partial charge in [0.15, 0.2) is 0 Å². The normalized spacial score (nSPS) is 28.7. The number of para-hydroxylation sites is 1. The number of hydrogen-bond donors (Lipinski definition) is 1. The average Bonchev–Trinajstić information content (AvgIpc) is 3.60. The van der Waals surface area contributed by atoms with Gasteiger partial charge in [0.05, 0.1) is 34.7 Å². The van der Waals surface area contributed by atoms with Crippen molar-refractivity contribution in [1.29, 1.82) is 0 Å². The van der Waals surface area contributed by atoms with E-state index in [9.17, 15) is 19.5 Å². The van der Waals surface area contributed by atoms with Gasteiger partial charge in [-0.3, -0.25) is 14.4 Å². The third kappa shape index (κ3) is 4.56. The Morgan fingerprint density at radius 1 is 0.977 bits per heavy atom. The van der Waals surface area contributed by atoms with Crippen LogP contribution in [0.4, 0.5) is 0 Å². The van der Waals surface area contributed by atoms with E-state index in [1.807, 2.05) is 84.6 Å². The molecule has 6 atom stereocenters. The van der Waals surface area contributed by atoms with Gasteiger partial charge in [0.1, 0.15) is 18.2 Å². The van der Waals surface area contributed by atoms with Gasteiger partial charge in [0, 0.05) is 24.9 Å². The van der Waals surface area contributed by atoms with Crippen LogP contribution in [0.3, 0.4) is 0 Å². The van der Waals surface area contributed by atoms with Gasteiger partial charge in [0.2, 0.25) is 17.7 Å². The number of hydrogen-bond acceptors (Lipinski definition) is 7. The standard InChI is InChI=1S/C33H36N6O4S/c1-2-16-36-17-8-14-26-27(30(36)41)28-31(42)39(23(20-40)19-22-10-4-3-5-11-22)29-32(43)37(18-9-15-33(28,29)44-26)21-38-25-13-7-6-12-24(25)34-35-38/h3-15,23,26-29,40H,2,16-21H2,1H3/t23-,26+,27-,28+,29?,33+/m1/s1. The Labute approximate surface area is 260 Å². The topological polar surface area (TPSA) is 112 Å². The number of rotatable bonds is 8. The highest BCUT2D eigenvalue weighted by molar-refractivity contribution is 8.02. The van der Waals surface area contributed by atoms with Crippen LogP contribution in [-0.4, -0.2) is 101 Å². The largest absolute Gasteiger partial charge is 0.394 e. The van der Waals surface area contributed by atoms with Gasteiger partial charge in [-0.25, -0.2) is 4.68 Å². The van der Waals surface area contributed by atoms with Crippen LogP contribution in [0.5, 0.6) is 0 Å². The van der Waals surface area contributed by atoms with Crippen molar-refractivity contribution in [3.05, 3.63) is 84.5 Å². The third-order valence-electron chi connectivity index (χ3n) is 9.40. The molecule has 3 amide bonds. The van der Waals surface area contributed by atoms with Crippen LogP contribution in [0.2, 0.25) is 0 Å². The molecule has 4 aliphatic rings. The summed E-state index contributed by atoms with van der Waals surface area (Å²) in [5, 5.41) is 19.1. The summed E-state index contributed by atoms with van der Waals surface area (Å²) in [7, 11) is 0. The predicted octanol–water partition coefficient (Wildman–Crippen LogP) is 2.50. The molecule has 5 heterocycles. The van der Waals surface area contributed by atoms with Crippen molar-refractivity contribution >= 4 is 40.5 Å². The Kier molecular flexibility index (Phi) is 7.54. The summed E-state index contributed by atoms with van der Waals surface area (Å²) in [4.78, 5) is 48.8. The van der Waals surface area contributed by atoms with Crippen molar-refractivity contribution in [2.24, 2.45) is 11.8 Å².